The standard InChI is InChI=1S/C38H69NO2/c1-3-5-7-9-11-13-15-17-19-21-23-25-27-29-31-33-35-37(39-38(40)41)36-34-32-30-28-26-24-22-20-18-16-14-12-10-8-6-4-2/h11-14,17-20,37,39H,3-10,15-16,21-36H2,1-2H3,(H,40,41)/b13-11-,14-12-,19-17-,20-18-. The molecule has 0 aliphatic carbocycles. The van der Waals surface area contributed by atoms with E-state index in [1.807, 2.05) is 0 Å². The van der Waals surface area contributed by atoms with E-state index >= 15 is 0 Å². The van der Waals surface area contributed by atoms with Crippen LogP contribution in [0.1, 0.15) is 181 Å². The Labute approximate surface area is 256 Å². The molecule has 0 atom stereocenters. The predicted octanol–water partition coefficient (Wildman–Crippen LogP) is 13.0. The molecule has 41 heavy (non-hydrogen) atoms. The molecule has 0 aromatic carbocycles. The maximum absolute atomic E-state index is 11.2. The maximum atomic E-state index is 11.2. The van der Waals surface area contributed by atoms with Gasteiger partial charge < -0.3 is 10.4 Å². The maximum Gasteiger partial charge on any atom is 0.404 e. The molecule has 0 aliphatic heterocycles. The van der Waals surface area contributed by atoms with Crippen molar-refractivity contribution in [1.29, 1.82) is 0 Å². The minimum Gasteiger partial charge on any atom is -0.465 e. The molecule has 2 N–H and O–H groups in total. The van der Waals surface area contributed by atoms with Crippen LogP contribution in [0.25, 0.3) is 0 Å². The van der Waals surface area contributed by atoms with Crippen molar-refractivity contribution in [2.45, 2.75) is 187 Å². The first-order valence-electron chi connectivity index (χ1n) is 17.8. The van der Waals surface area contributed by atoms with E-state index in [-0.39, 0.29) is 6.04 Å². The lowest BCUT2D eigenvalue weighted by atomic mass is 10.00. The lowest BCUT2D eigenvalue weighted by molar-refractivity contribution is 0.187. The van der Waals surface area contributed by atoms with Crippen molar-refractivity contribution in [3.05, 3.63) is 48.6 Å². The van der Waals surface area contributed by atoms with Crippen molar-refractivity contribution < 1.29 is 9.90 Å². The van der Waals surface area contributed by atoms with Gasteiger partial charge in [0.2, 0.25) is 0 Å². The van der Waals surface area contributed by atoms with Crippen LogP contribution in [0.3, 0.4) is 0 Å². The van der Waals surface area contributed by atoms with Gasteiger partial charge in [-0.25, -0.2) is 4.79 Å². The molecule has 0 aliphatic rings. The third kappa shape index (κ3) is 34.3. The fraction of sp³-hybridized carbons (Fsp3) is 0.763. The Kier molecular flexibility index (Phi) is 32.9. The van der Waals surface area contributed by atoms with Crippen molar-refractivity contribution in [1.82, 2.24) is 5.32 Å². The molecule has 0 radical (unpaired) electrons. The molecule has 0 heterocycles. The molecule has 0 spiro atoms. The van der Waals surface area contributed by atoms with E-state index in [1.54, 1.807) is 0 Å². The monoisotopic (exact) mass is 572 g/mol. The zero-order valence-corrected chi connectivity index (χ0v) is 27.4. The second-order valence-corrected chi connectivity index (χ2v) is 11.9. The minimum atomic E-state index is -0.866. The van der Waals surface area contributed by atoms with Crippen LogP contribution in [0.15, 0.2) is 48.6 Å². The predicted molar refractivity (Wildman–Crippen MR) is 183 cm³/mol. The summed E-state index contributed by atoms with van der Waals surface area (Å²) in [5.41, 5.74) is 0. The molecule has 0 aromatic heterocycles. The van der Waals surface area contributed by atoms with Gasteiger partial charge in [-0.05, 0) is 77.0 Å². The number of hydrogen-bond donors (Lipinski definition) is 2. The van der Waals surface area contributed by atoms with Crippen molar-refractivity contribution >= 4 is 6.09 Å². The summed E-state index contributed by atoms with van der Waals surface area (Å²) in [7, 11) is 0. The summed E-state index contributed by atoms with van der Waals surface area (Å²) in [6.45, 7) is 4.51. The normalized spacial score (nSPS) is 12.3. The largest absolute Gasteiger partial charge is 0.465 e. The number of carboxylic acid groups (broad SMARTS) is 1. The van der Waals surface area contributed by atoms with Gasteiger partial charge in [0.1, 0.15) is 0 Å². The Balaban J connectivity index is 3.63. The van der Waals surface area contributed by atoms with Crippen LogP contribution in [-0.2, 0) is 0 Å². The Bertz CT molecular complexity index is 601. The van der Waals surface area contributed by atoms with Gasteiger partial charge in [0.15, 0.2) is 0 Å². The minimum absolute atomic E-state index is 0.129. The van der Waals surface area contributed by atoms with E-state index in [1.165, 1.54) is 128 Å². The fourth-order valence-corrected chi connectivity index (χ4v) is 5.22. The summed E-state index contributed by atoms with van der Waals surface area (Å²) in [5, 5.41) is 12.0. The SMILES string of the molecule is CCCCC/C=C\C/C=C\CCCCCCCCC(CCCCCCCC/C=C\C/C=C\CCCCC)NC(=O)O. The number of nitrogens with one attached hydrogen (secondary N) is 1. The van der Waals surface area contributed by atoms with Gasteiger partial charge in [-0.3, -0.25) is 0 Å². The first-order chi connectivity index (χ1) is 20.2. The quantitative estimate of drug-likeness (QED) is 0.0642. The third-order valence-corrected chi connectivity index (χ3v) is 7.83. The molecular formula is C38H69NO2. The van der Waals surface area contributed by atoms with E-state index in [9.17, 15) is 9.90 Å². The smallest absolute Gasteiger partial charge is 0.404 e. The number of unbranched alkanes of at least 4 members (excludes halogenated alkanes) is 18. The first-order valence-corrected chi connectivity index (χ1v) is 17.8. The molecule has 238 valence electrons. The van der Waals surface area contributed by atoms with Gasteiger partial charge in [0, 0.05) is 6.04 Å². The molecule has 0 rings (SSSR count). The topological polar surface area (TPSA) is 49.3 Å². The third-order valence-electron chi connectivity index (χ3n) is 7.83. The lowest BCUT2D eigenvalue weighted by Gasteiger charge is -2.16. The zero-order chi connectivity index (χ0) is 29.9. The van der Waals surface area contributed by atoms with E-state index in [4.69, 9.17) is 0 Å². The van der Waals surface area contributed by atoms with Gasteiger partial charge in [0.05, 0.1) is 0 Å². The molecule has 0 unspecified atom stereocenters. The van der Waals surface area contributed by atoms with Crippen molar-refractivity contribution in [3.63, 3.8) is 0 Å². The highest BCUT2D eigenvalue weighted by atomic mass is 16.4. The van der Waals surface area contributed by atoms with Gasteiger partial charge in [-0.2, -0.15) is 0 Å². The van der Waals surface area contributed by atoms with Crippen LogP contribution in [0.4, 0.5) is 4.79 Å². The second-order valence-electron chi connectivity index (χ2n) is 11.9. The summed E-state index contributed by atoms with van der Waals surface area (Å²) in [6.07, 6.45) is 49.6. The van der Waals surface area contributed by atoms with Crippen LogP contribution in [0.2, 0.25) is 0 Å². The average molecular weight is 572 g/mol. The highest BCUT2D eigenvalue weighted by Crippen LogP contribution is 2.15. The number of carbonyl (C=O) groups is 1. The van der Waals surface area contributed by atoms with E-state index in [0.717, 1.165) is 38.5 Å². The summed E-state index contributed by atoms with van der Waals surface area (Å²) in [4.78, 5) is 11.2. The molecular weight excluding hydrogens is 502 g/mol. The molecule has 3 nitrogen and oxygen atoms in total. The number of allylic oxidation sites excluding steroid dienone is 8. The van der Waals surface area contributed by atoms with Crippen LogP contribution >= 0.6 is 0 Å². The lowest BCUT2D eigenvalue weighted by Crippen LogP contribution is -2.33. The molecule has 1 amide bonds. The van der Waals surface area contributed by atoms with Crippen LogP contribution in [-0.4, -0.2) is 17.2 Å². The summed E-state index contributed by atoms with van der Waals surface area (Å²) < 4.78 is 0. The Morgan fingerprint density at radius 3 is 1.15 bits per heavy atom. The molecule has 0 bridgehead atoms. The van der Waals surface area contributed by atoms with Gasteiger partial charge >= 0.3 is 6.09 Å². The van der Waals surface area contributed by atoms with E-state index in [0.29, 0.717) is 0 Å². The second kappa shape index (κ2) is 34.4. The van der Waals surface area contributed by atoms with E-state index in [2.05, 4.69) is 67.8 Å². The molecule has 3 heteroatoms. The van der Waals surface area contributed by atoms with Crippen molar-refractivity contribution in [2.24, 2.45) is 0 Å². The van der Waals surface area contributed by atoms with Crippen LogP contribution in [0, 0.1) is 0 Å². The van der Waals surface area contributed by atoms with Crippen LogP contribution in [0.5, 0.6) is 0 Å². The van der Waals surface area contributed by atoms with E-state index < -0.39 is 6.09 Å². The zero-order valence-electron chi connectivity index (χ0n) is 27.4. The van der Waals surface area contributed by atoms with Gasteiger partial charge in [0.25, 0.3) is 0 Å². The molecule has 0 saturated heterocycles. The molecule has 0 fully saturated rings. The van der Waals surface area contributed by atoms with Gasteiger partial charge in [-0.1, -0.05) is 152 Å². The summed E-state index contributed by atoms with van der Waals surface area (Å²) in [6, 6.07) is 0.129. The van der Waals surface area contributed by atoms with Crippen molar-refractivity contribution in [3.8, 4) is 0 Å². The number of amides is 1. The Hall–Kier alpha value is -1.77. The van der Waals surface area contributed by atoms with Gasteiger partial charge in [-0.15, -0.1) is 0 Å². The average Bonchev–Trinajstić information content (AvgIpc) is 2.96. The Morgan fingerprint density at radius 2 is 0.805 bits per heavy atom. The number of rotatable bonds is 31. The Morgan fingerprint density at radius 1 is 0.488 bits per heavy atom. The molecule has 0 saturated carbocycles. The summed E-state index contributed by atoms with van der Waals surface area (Å²) >= 11 is 0. The molecule has 0 aromatic rings. The first kappa shape index (κ1) is 39.2. The number of hydrogen-bond acceptors (Lipinski definition) is 1. The van der Waals surface area contributed by atoms with Crippen LogP contribution < -0.4 is 5.32 Å². The van der Waals surface area contributed by atoms with Crippen molar-refractivity contribution in [2.75, 3.05) is 0 Å². The summed E-state index contributed by atoms with van der Waals surface area (Å²) in [5.74, 6) is 0. The highest BCUT2D eigenvalue weighted by Gasteiger charge is 2.10. The highest BCUT2D eigenvalue weighted by molar-refractivity contribution is 5.64. The fourth-order valence-electron chi connectivity index (χ4n) is 5.22.